The van der Waals surface area contributed by atoms with Crippen molar-refractivity contribution in [3.63, 3.8) is 0 Å². The Hall–Kier alpha value is -1.59. The van der Waals surface area contributed by atoms with Crippen molar-refractivity contribution in [2.75, 3.05) is 26.8 Å². The molecule has 1 aliphatic rings. The molecular weight excluding hydrogens is 282 g/mol. The molecule has 1 saturated heterocycles. The van der Waals surface area contributed by atoms with Crippen LogP contribution in [0.4, 0.5) is 0 Å². The van der Waals surface area contributed by atoms with Crippen LogP contribution in [0, 0.1) is 6.92 Å². The van der Waals surface area contributed by atoms with Crippen molar-refractivity contribution < 1.29 is 19.1 Å². The van der Waals surface area contributed by atoms with Crippen LogP contribution in [-0.2, 0) is 14.3 Å². The van der Waals surface area contributed by atoms with Gasteiger partial charge < -0.3 is 14.4 Å². The topological polar surface area (TPSA) is 55.8 Å². The molecule has 1 amide bonds. The Labute approximate surface area is 122 Å². The van der Waals surface area contributed by atoms with Gasteiger partial charge in [-0.15, -0.1) is 0 Å². The predicted octanol–water partition coefficient (Wildman–Crippen LogP) is 1.66. The van der Waals surface area contributed by atoms with Gasteiger partial charge in [0, 0.05) is 17.1 Å². The summed E-state index contributed by atoms with van der Waals surface area (Å²) < 4.78 is 9.93. The first kappa shape index (κ1) is 14.8. The second-order valence-electron chi connectivity index (χ2n) is 4.60. The molecule has 0 N–H and O–H groups in total. The minimum Gasteiger partial charge on any atom is -0.467 e. The Bertz CT molecular complexity index is 532. The van der Waals surface area contributed by atoms with E-state index in [2.05, 4.69) is 4.74 Å². The quantitative estimate of drug-likeness (QED) is 0.779. The zero-order valence-corrected chi connectivity index (χ0v) is 12.1. The minimum absolute atomic E-state index is 0.163. The van der Waals surface area contributed by atoms with Gasteiger partial charge in [0.15, 0.2) is 6.10 Å². The van der Waals surface area contributed by atoms with E-state index in [0.717, 1.165) is 5.56 Å². The first-order valence-electron chi connectivity index (χ1n) is 6.27. The van der Waals surface area contributed by atoms with E-state index in [1.54, 1.807) is 23.1 Å². The van der Waals surface area contributed by atoms with Crippen LogP contribution in [0.3, 0.4) is 0 Å². The van der Waals surface area contributed by atoms with Crippen LogP contribution in [0.5, 0.6) is 0 Å². The molecule has 0 saturated carbocycles. The van der Waals surface area contributed by atoms with Crippen LogP contribution >= 0.6 is 11.6 Å². The number of amides is 1. The number of morpholine rings is 1. The van der Waals surface area contributed by atoms with E-state index in [0.29, 0.717) is 23.7 Å². The number of hydrogen-bond acceptors (Lipinski definition) is 4. The van der Waals surface area contributed by atoms with E-state index in [4.69, 9.17) is 16.3 Å². The molecule has 1 fully saturated rings. The van der Waals surface area contributed by atoms with Crippen molar-refractivity contribution in [2.45, 2.75) is 13.0 Å². The summed E-state index contributed by atoms with van der Waals surface area (Å²) in [7, 11) is 1.30. The molecule has 20 heavy (non-hydrogen) atoms. The fraction of sp³-hybridized carbons (Fsp3) is 0.429. The lowest BCUT2D eigenvalue weighted by Gasteiger charge is -2.31. The van der Waals surface area contributed by atoms with Gasteiger partial charge in [0.1, 0.15) is 0 Å². The molecular formula is C14H16ClNO4. The standard InChI is InChI=1S/C14H16ClNO4/c1-9-3-4-10(7-11(9)15)13(17)16-5-6-20-12(8-16)14(18)19-2/h3-4,7,12H,5-6,8H2,1-2H3. The van der Waals surface area contributed by atoms with E-state index < -0.39 is 12.1 Å². The summed E-state index contributed by atoms with van der Waals surface area (Å²) in [6.07, 6.45) is -0.723. The number of benzene rings is 1. The fourth-order valence-electron chi connectivity index (χ4n) is 2.02. The summed E-state index contributed by atoms with van der Waals surface area (Å²) in [4.78, 5) is 25.4. The van der Waals surface area contributed by atoms with E-state index in [1.165, 1.54) is 7.11 Å². The second kappa shape index (κ2) is 6.24. The molecule has 1 aliphatic heterocycles. The molecule has 0 aromatic heterocycles. The maximum Gasteiger partial charge on any atom is 0.336 e. The summed E-state index contributed by atoms with van der Waals surface area (Å²) in [5, 5.41) is 0.550. The number of carbonyl (C=O) groups is 2. The minimum atomic E-state index is -0.723. The summed E-state index contributed by atoms with van der Waals surface area (Å²) in [5.41, 5.74) is 1.42. The smallest absolute Gasteiger partial charge is 0.336 e. The number of carbonyl (C=O) groups excluding carboxylic acids is 2. The largest absolute Gasteiger partial charge is 0.467 e. The van der Waals surface area contributed by atoms with Crippen LogP contribution in [0.2, 0.25) is 5.02 Å². The predicted molar refractivity (Wildman–Crippen MR) is 73.8 cm³/mol. The monoisotopic (exact) mass is 297 g/mol. The third kappa shape index (κ3) is 3.11. The molecule has 1 aromatic rings. The average Bonchev–Trinajstić information content (AvgIpc) is 2.48. The van der Waals surface area contributed by atoms with E-state index >= 15 is 0 Å². The molecule has 108 valence electrons. The van der Waals surface area contributed by atoms with Gasteiger partial charge in [0.05, 0.1) is 20.3 Å². The van der Waals surface area contributed by atoms with Gasteiger partial charge in [0.25, 0.3) is 5.91 Å². The molecule has 1 atom stereocenters. The number of nitrogens with zero attached hydrogens (tertiary/aromatic N) is 1. The normalized spacial score (nSPS) is 18.8. The fourth-order valence-corrected chi connectivity index (χ4v) is 2.20. The maximum atomic E-state index is 12.4. The lowest BCUT2D eigenvalue weighted by Crippen LogP contribution is -2.48. The molecule has 0 spiro atoms. The number of hydrogen-bond donors (Lipinski definition) is 0. The molecule has 1 aromatic carbocycles. The Morgan fingerprint density at radius 3 is 2.85 bits per heavy atom. The number of rotatable bonds is 2. The van der Waals surface area contributed by atoms with Gasteiger partial charge >= 0.3 is 5.97 Å². The molecule has 6 heteroatoms. The lowest BCUT2D eigenvalue weighted by molar-refractivity contribution is -0.158. The third-order valence-corrected chi connectivity index (χ3v) is 3.64. The lowest BCUT2D eigenvalue weighted by atomic mass is 10.1. The Kier molecular flexibility index (Phi) is 4.62. The number of aryl methyl sites for hydroxylation is 1. The molecule has 1 heterocycles. The summed E-state index contributed by atoms with van der Waals surface area (Å²) >= 11 is 6.03. The van der Waals surface area contributed by atoms with Crippen molar-refractivity contribution in [1.82, 2.24) is 4.90 Å². The highest BCUT2D eigenvalue weighted by molar-refractivity contribution is 6.31. The number of esters is 1. The van der Waals surface area contributed by atoms with Crippen LogP contribution in [0.1, 0.15) is 15.9 Å². The van der Waals surface area contributed by atoms with Crippen molar-refractivity contribution in [3.8, 4) is 0 Å². The first-order chi connectivity index (χ1) is 9.52. The van der Waals surface area contributed by atoms with Gasteiger partial charge in [-0.05, 0) is 24.6 Å². The Balaban J connectivity index is 2.12. The zero-order chi connectivity index (χ0) is 14.7. The second-order valence-corrected chi connectivity index (χ2v) is 5.00. The Morgan fingerprint density at radius 2 is 2.20 bits per heavy atom. The van der Waals surface area contributed by atoms with E-state index in [-0.39, 0.29) is 12.5 Å². The van der Waals surface area contributed by atoms with Gasteiger partial charge in [0.2, 0.25) is 0 Å². The third-order valence-electron chi connectivity index (χ3n) is 3.24. The first-order valence-corrected chi connectivity index (χ1v) is 6.65. The molecule has 0 radical (unpaired) electrons. The summed E-state index contributed by atoms with van der Waals surface area (Å²) in [5.74, 6) is -0.631. The molecule has 0 aliphatic carbocycles. The molecule has 5 nitrogen and oxygen atoms in total. The van der Waals surface area contributed by atoms with Crippen LogP contribution < -0.4 is 0 Å². The number of ether oxygens (including phenoxy) is 2. The molecule has 0 bridgehead atoms. The highest BCUT2D eigenvalue weighted by Gasteiger charge is 2.30. The van der Waals surface area contributed by atoms with Crippen molar-refractivity contribution in [1.29, 1.82) is 0 Å². The summed E-state index contributed by atoms with van der Waals surface area (Å²) in [6, 6.07) is 5.17. The zero-order valence-electron chi connectivity index (χ0n) is 11.4. The Morgan fingerprint density at radius 1 is 1.45 bits per heavy atom. The van der Waals surface area contributed by atoms with Crippen molar-refractivity contribution in [3.05, 3.63) is 34.3 Å². The van der Waals surface area contributed by atoms with Crippen LogP contribution in [0.15, 0.2) is 18.2 Å². The van der Waals surface area contributed by atoms with Gasteiger partial charge in [-0.2, -0.15) is 0 Å². The van der Waals surface area contributed by atoms with Crippen molar-refractivity contribution >= 4 is 23.5 Å². The van der Waals surface area contributed by atoms with Crippen molar-refractivity contribution in [2.24, 2.45) is 0 Å². The van der Waals surface area contributed by atoms with Gasteiger partial charge in [-0.1, -0.05) is 17.7 Å². The van der Waals surface area contributed by atoms with Gasteiger partial charge in [-0.3, -0.25) is 4.79 Å². The van der Waals surface area contributed by atoms with Crippen LogP contribution in [0.25, 0.3) is 0 Å². The van der Waals surface area contributed by atoms with E-state index in [1.807, 2.05) is 6.92 Å². The average molecular weight is 298 g/mol. The van der Waals surface area contributed by atoms with E-state index in [9.17, 15) is 9.59 Å². The highest BCUT2D eigenvalue weighted by Crippen LogP contribution is 2.19. The highest BCUT2D eigenvalue weighted by atomic mass is 35.5. The van der Waals surface area contributed by atoms with Crippen LogP contribution in [-0.4, -0.2) is 49.7 Å². The maximum absolute atomic E-state index is 12.4. The number of halogens is 1. The van der Waals surface area contributed by atoms with Gasteiger partial charge in [-0.25, -0.2) is 4.79 Å². The number of methoxy groups -OCH3 is 1. The molecule has 1 unspecified atom stereocenters. The molecule has 2 rings (SSSR count). The SMILES string of the molecule is COC(=O)C1CN(C(=O)c2ccc(C)c(Cl)c2)CCO1. The summed E-state index contributed by atoms with van der Waals surface area (Å²) in [6.45, 7) is 2.82.